The molecule has 0 saturated heterocycles. The molecule has 0 spiro atoms. The summed E-state index contributed by atoms with van der Waals surface area (Å²) in [6, 6.07) is -1.48. The molecule has 0 rings (SSSR count). The molecule has 61 heavy (non-hydrogen) atoms. The molecule has 0 aliphatic rings. The van der Waals surface area contributed by atoms with E-state index in [-0.39, 0.29) is 13.0 Å². The first-order valence-corrected chi connectivity index (χ1v) is 25.1. The van der Waals surface area contributed by atoms with Gasteiger partial charge in [0.2, 0.25) is 0 Å². The number of carbonyl (C=O) groups excluding carboxylic acids is 1. The number of carboxylic acid groups (broad SMARTS) is 1. The molecule has 11 heteroatoms. The maximum absolute atomic E-state index is 12.7. The molecule has 0 amide bonds. The summed E-state index contributed by atoms with van der Waals surface area (Å²) in [4.78, 5) is 33.6. The van der Waals surface area contributed by atoms with Crippen LogP contribution in [-0.4, -0.2) is 60.5 Å². The molecule has 3 unspecified atom stereocenters. The van der Waals surface area contributed by atoms with Crippen LogP contribution >= 0.6 is 7.82 Å². The van der Waals surface area contributed by atoms with Gasteiger partial charge >= 0.3 is 19.8 Å². The van der Waals surface area contributed by atoms with Gasteiger partial charge in [-0.05, 0) is 89.9 Å². The van der Waals surface area contributed by atoms with Crippen molar-refractivity contribution in [2.24, 2.45) is 5.73 Å². The zero-order valence-electron chi connectivity index (χ0n) is 38.2. The van der Waals surface area contributed by atoms with Crippen LogP contribution in [0.25, 0.3) is 0 Å². The Morgan fingerprint density at radius 3 is 1.43 bits per heavy atom. The lowest BCUT2D eigenvalue weighted by molar-refractivity contribution is -0.154. The van der Waals surface area contributed by atoms with Crippen molar-refractivity contribution in [2.75, 3.05) is 26.4 Å². The maximum Gasteiger partial charge on any atom is 0.472 e. The van der Waals surface area contributed by atoms with Crippen LogP contribution in [0.1, 0.15) is 181 Å². The number of hydrogen-bond acceptors (Lipinski definition) is 8. The van der Waals surface area contributed by atoms with E-state index in [0.717, 1.165) is 103 Å². The number of aliphatic carboxylic acids is 1. The fraction of sp³-hybridized carbons (Fsp3) is 0.680. The van der Waals surface area contributed by atoms with Crippen molar-refractivity contribution < 1.29 is 42.7 Å². The van der Waals surface area contributed by atoms with Gasteiger partial charge in [-0.25, -0.2) is 4.57 Å². The summed E-state index contributed by atoms with van der Waals surface area (Å²) in [5.41, 5.74) is 5.36. The molecule has 350 valence electrons. The number of carboxylic acids is 1. The number of nitrogens with two attached hydrogens (primary N) is 1. The van der Waals surface area contributed by atoms with Crippen molar-refractivity contribution in [3.8, 4) is 0 Å². The molecular weight excluding hydrogens is 790 g/mol. The second kappa shape index (κ2) is 45.2. The maximum atomic E-state index is 12.7. The van der Waals surface area contributed by atoms with E-state index in [4.69, 9.17) is 29.4 Å². The van der Waals surface area contributed by atoms with Crippen molar-refractivity contribution in [1.29, 1.82) is 0 Å². The molecule has 0 radical (unpaired) electrons. The van der Waals surface area contributed by atoms with Crippen LogP contribution in [0, 0.1) is 0 Å². The summed E-state index contributed by atoms with van der Waals surface area (Å²) in [5, 5.41) is 8.92. The molecule has 0 aliphatic carbocycles. The minimum Gasteiger partial charge on any atom is -0.480 e. The molecule has 3 atom stereocenters. The highest BCUT2D eigenvalue weighted by Crippen LogP contribution is 2.43. The Morgan fingerprint density at radius 1 is 0.541 bits per heavy atom. The second-order valence-electron chi connectivity index (χ2n) is 15.5. The van der Waals surface area contributed by atoms with E-state index in [0.29, 0.717) is 13.0 Å². The van der Waals surface area contributed by atoms with Gasteiger partial charge in [0.15, 0.2) is 0 Å². The number of phosphoric ester groups is 1. The van der Waals surface area contributed by atoms with Gasteiger partial charge in [0.1, 0.15) is 12.1 Å². The van der Waals surface area contributed by atoms with Crippen LogP contribution in [0.2, 0.25) is 0 Å². The van der Waals surface area contributed by atoms with Crippen molar-refractivity contribution in [3.63, 3.8) is 0 Å². The fourth-order valence-corrected chi connectivity index (χ4v) is 6.79. The smallest absolute Gasteiger partial charge is 0.472 e. The Morgan fingerprint density at radius 2 is 0.951 bits per heavy atom. The van der Waals surface area contributed by atoms with Crippen molar-refractivity contribution in [1.82, 2.24) is 0 Å². The van der Waals surface area contributed by atoms with Gasteiger partial charge in [0, 0.05) is 13.0 Å². The van der Waals surface area contributed by atoms with E-state index in [9.17, 15) is 19.0 Å². The third kappa shape index (κ3) is 45.0. The van der Waals surface area contributed by atoms with Crippen molar-refractivity contribution in [3.05, 3.63) is 85.1 Å². The molecule has 0 aliphatic heterocycles. The summed E-state index contributed by atoms with van der Waals surface area (Å²) in [5.74, 6) is -1.80. The number of unbranched alkanes of at least 4 members (excludes halogenated alkanes) is 16. The van der Waals surface area contributed by atoms with Gasteiger partial charge < -0.3 is 25.2 Å². The summed E-state index contributed by atoms with van der Waals surface area (Å²) in [6.07, 6.45) is 57.7. The lowest BCUT2D eigenvalue weighted by Crippen LogP contribution is -2.34. The highest BCUT2D eigenvalue weighted by molar-refractivity contribution is 7.47. The van der Waals surface area contributed by atoms with Crippen molar-refractivity contribution in [2.45, 2.75) is 193 Å². The third-order valence-corrected chi connectivity index (χ3v) is 10.6. The first kappa shape index (κ1) is 58.1. The molecule has 0 aromatic heterocycles. The van der Waals surface area contributed by atoms with Crippen molar-refractivity contribution >= 4 is 19.8 Å². The number of carbonyl (C=O) groups is 2. The van der Waals surface area contributed by atoms with E-state index in [2.05, 4.69) is 98.9 Å². The fourth-order valence-electron chi connectivity index (χ4n) is 6.01. The molecule has 0 aromatic carbocycles. The Bertz CT molecular complexity index is 1290. The van der Waals surface area contributed by atoms with Crippen LogP contribution in [-0.2, 0) is 32.7 Å². The summed E-state index contributed by atoms with van der Waals surface area (Å²) >= 11 is 0. The molecule has 0 bridgehead atoms. The van der Waals surface area contributed by atoms with Crippen LogP contribution in [0.4, 0.5) is 0 Å². The van der Waals surface area contributed by atoms with Gasteiger partial charge in [0.05, 0.1) is 19.8 Å². The van der Waals surface area contributed by atoms with Gasteiger partial charge in [-0.3, -0.25) is 18.6 Å². The lowest BCUT2D eigenvalue weighted by Gasteiger charge is -2.20. The van der Waals surface area contributed by atoms with Crippen LogP contribution in [0.15, 0.2) is 85.1 Å². The first-order valence-electron chi connectivity index (χ1n) is 23.6. The third-order valence-electron chi connectivity index (χ3n) is 9.66. The summed E-state index contributed by atoms with van der Waals surface area (Å²) < 4.78 is 33.4. The Labute approximate surface area is 371 Å². The highest BCUT2D eigenvalue weighted by Gasteiger charge is 2.27. The largest absolute Gasteiger partial charge is 0.480 e. The molecule has 0 fully saturated rings. The van der Waals surface area contributed by atoms with E-state index in [1.54, 1.807) is 0 Å². The molecule has 0 heterocycles. The molecule has 4 N–H and O–H groups in total. The Hall–Kier alpha value is -2.85. The number of rotatable bonds is 44. The number of ether oxygens (including phenoxy) is 2. The van der Waals surface area contributed by atoms with E-state index in [1.807, 2.05) is 0 Å². The Kier molecular flexibility index (Phi) is 43.1. The van der Waals surface area contributed by atoms with Crippen LogP contribution in [0.5, 0.6) is 0 Å². The standard InChI is InChI=1S/C50H86NO9P/c1-3-5-7-9-11-13-15-17-19-21-23-25-27-29-31-33-35-37-39-41-43-57-44-47(45-58-61(55,56)59-46-48(51)50(53)54)60-49(52)42-40-38-36-34-32-30-28-26-24-22-20-18-16-14-12-10-8-6-4-2/h6,8,11-14,17-20,23-26,47-48H,3-5,7,9-10,15-16,21-22,27-46,51H2,1-2H3,(H,53,54)(H,55,56)/b8-6-,13-11-,14-12-,19-17-,20-18-,25-23-,26-24-. The van der Waals surface area contributed by atoms with Gasteiger partial charge in [-0.2, -0.15) is 0 Å². The lowest BCUT2D eigenvalue weighted by atomic mass is 10.1. The normalized spacial score (nSPS) is 14.6. The zero-order chi connectivity index (χ0) is 44.8. The minimum absolute atomic E-state index is 0.000854. The van der Waals surface area contributed by atoms with Crippen LogP contribution in [0.3, 0.4) is 0 Å². The molecule has 10 nitrogen and oxygen atoms in total. The Balaban J connectivity index is 4.26. The average molecular weight is 876 g/mol. The average Bonchev–Trinajstić information content (AvgIpc) is 3.24. The highest BCUT2D eigenvalue weighted by atomic mass is 31.2. The van der Waals surface area contributed by atoms with Crippen LogP contribution < -0.4 is 5.73 Å². The predicted molar refractivity (Wildman–Crippen MR) is 253 cm³/mol. The summed E-state index contributed by atoms with van der Waals surface area (Å²) in [6.45, 7) is 3.69. The van der Waals surface area contributed by atoms with E-state index in [1.165, 1.54) is 51.4 Å². The number of esters is 1. The number of phosphoric acid groups is 1. The zero-order valence-corrected chi connectivity index (χ0v) is 39.1. The minimum atomic E-state index is -4.63. The molecule has 0 aromatic rings. The topological polar surface area (TPSA) is 155 Å². The van der Waals surface area contributed by atoms with Gasteiger partial charge in [-0.15, -0.1) is 0 Å². The number of allylic oxidation sites excluding steroid dienone is 14. The molecule has 0 saturated carbocycles. The second-order valence-corrected chi connectivity index (χ2v) is 17.0. The quantitative estimate of drug-likeness (QED) is 0.0233. The monoisotopic (exact) mass is 876 g/mol. The number of hydrogen-bond donors (Lipinski definition) is 3. The van der Waals surface area contributed by atoms with E-state index < -0.39 is 45.1 Å². The first-order chi connectivity index (χ1) is 29.7. The predicted octanol–water partition coefficient (Wildman–Crippen LogP) is 13.5. The van der Waals surface area contributed by atoms with Gasteiger partial charge in [-0.1, -0.05) is 170 Å². The van der Waals surface area contributed by atoms with E-state index >= 15 is 0 Å². The molecular formula is C50H86NO9P. The SMILES string of the molecule is CC/C=C\C/C=C\C/C=C\C/C=C\CCCCCCCCC(=O)OC(COCCCCCCCCC/C=C\C/C=C\C/C=C\CCCCC)COP(=O)(O)OCC(N)C(=O)O. The van der Waals surface area contributed by atoms with Gasteiger partial charge in [0.25, 0.3) is 0 Å². The summed E-state index contributed by atoms with van der Waals surface area (Å²) in [7, 11) is -4.63.